The van der Waals surface area contributed by atoms with Crippen molar-refractivity contribution in [3.8, 4) is 0 Å². The van der Waals surface area contributed by atoms with Gasteiger partial charge in [-0.25, -0.2) is 0 Å². The van der Waals surface area contributed by atoms with Gasteiger partial charge in [0.2, 0.25) is 5.91 Å². The van der Waals surface area contributed by atoms with Gasteiger partial charge in [-0.1, -0.05) is 0 Å². The van der Waals surface area contributed by atoms with Crippen LogP contribution in [0.2, 0.25) is 0 Å². The molecule has 0 bridgehead atoms. The Morgan fingerprint density at radius 2 is 2.38 bits per heavy atom. The van der Waals surface area contributed by atoms with E-state index in [9.17, 15) is 4.79 Å². The lowest BCUT2D eigenvalue weighted by atomic mass is 9.93. The molecule has 0 radical (unpaired) electrons. The third-order valence-electron chi connectivity index (χ3n) is 3.82. The Morgan fingerprint density at radius 1 is 1.52 bits per heavy atom. The van der Waals surface area contributed by atoms with Crippen molar-refractivity contribution in [3.63, 3.8) is 0 Å². The maximum Gasteiger partial charge on any atom is 0.220 e. The molecule has 6 nitrogen and oxygen atoms in total. The van der Waals surface area contributed by atoms with E-state index in [1.54, 1.807) is 4.68 Å². The van der Waals surface area contributed by atoms with Gasteiger partial charge >= 0.3 is 0 Å². The van der Waals surface area contributed by atoms with Crippen LogP contribution in [0.25, 0.3) is 0 Å². The number of aromatic nitrogens is 2. The maximum atomic E-state index is 11.7. The molecule has 1 amide bonds. The first-order valence-electron chi connectivity index (χ1n) is 7.18. The second kappa shape index (κ2) is 5.73. The van der Waals surface area contributed by atoms with Crippen LogP contribution in [0, 0.1) is 6.92 Å². The molecule has 0 spiro atoms. The Balaban J connectivity index is 1.70. The largest absolute Gasteiger partial charge is 0.465 e. The van der Waals surface area contributed by atoms with E-state index in [1.807, 2.05) is 38.5 Å². The lowest BCUT2D eigenvalue weighted by Crippen LogP contribution is -2.48. The first-order chi connectivity index (χ1) is 10.1. The highest BCUT2D eigenvalue weighted by Crippen LogP contribution is 2.24. The van der Waals surface area contributed by atoms with E-state index < -0.39 is 0 Å². The lowest BCUT2D eigenvalue weighted by Gasteiger charge is -2.32. The first kappa shape index (κ1) is 13.9. The highest BCUT2D eigenvalue weighted by molar-refractivity contribution is 5.77. The molecule has 0 aliphatic carbocycles. The highest BCUT2D eigenvalue weighted by Gasteiger charge is 2.30. The number of nitrogens with one attached hydrogen (secondary N) is 2. The van der Waals surface area contributed by atoms with Gasteiger partial charge in [-0.3, -0.25) is 9.48 Å². The molecule has 1 saturated heterocycles. The van der Waals surface area contributed by atoms with Crippen LogP contribution < -0.4 is 10.6 Å². The topological polar surface area (TPSA) is 72.1 Å². The first-order valence-corrected chi connectivity index (χ1v) is 7.18. The predicted molar refractivity (Wildman–Crippen MR) is 77.4 cm³/mol. The molecule has 3 rings (SSSR count). The molecule has 0 unspecified atom stereocenters. The zero-order chi connectivity index (χ0) is 14.8. The van der Waals surface area contributed by atoms with Crippen molar-refractivity contribution < 1.29 is 9.21 Å². The summed E-state index contributed by atoms with van der Waals surface area (Å²) in [5.74, 6) is 1.91. The number of piperidine rings is 1. The number of aryl methyl sites for hydroxylation is 2. The third kappa shape index (κ3) is 3.16. The summed E-state index contributed by atoms with van der Waals surface area (Å²) in [6.07, 6.45) is 5.11. The van der Waals surface area contributed by atoms with E-state index in [4.69, 9.17) is 4.42 Å². The summed E-state index contributed by atoms with van der Waals surface area (Å²) in [6, 6.07) is 4.06. The summed E-state index contributed by atoms with van der Waals surface area (Å²) in [5.41, 5.74) is 1.03. The van der Waals surface area contributed by atoms with Gasteiger partial charge in [0.05, 0.1) is 18.8 Å². The number of amides is 1. The highest BCUT2D eigenvalue weighted by atomic mass is 16.3. The fourth-order valence-electron chi connectivity index (χ4n) is 2.75. The fraction of sp³-hybridized carbons (Fsp3) is 0.467. The second-order valence-electron chi connectivity index (χ2n) is 5.53. The molecule has 3 heterocycles. The predicted octanol–water partition coefficient (Wildman–Crippen LogP) is 1.43. The van der Waals surface area contributed by atoms with E-state index in [0.717, 1.165) is 23.5 Å². The molecule has 6 heteroatoms. The van der Waals surface area contributed by atoms with E-state index in [1.165, 1.54) is 0 Å². The Kier molecular flexibility index (Phi) is 3.79. The molecule has 2 atom stereocenters. The maximum absolute atomic E-state index is 11.7. The summed E-state index contributed by atoms with van der Waals surface area (Å²) in [4.78, 5) is 11.7. The van der Waals surface area contributed by atoms with Crippen LogP contribution in [0.1, 0.15) is 36.0 Å². The monoisotopic (exact) mass is 288 g/mol. The van der Waals surface area contributed by atoms with Crippen LogP contribution in [0.3, 0.4) is 0 Å². The van der Waals surface area contributed by atoms with Gasteiger partial charge in [-0.15, -0.1) is 0 Å². The Hall–Kier alpha value is -2.08. The number of hydrogen-bond donors (Lipinski definition) is 2. The van der Waals surface area contributed by atoms with Gasteiger partial charge in [0.1, 0.15) is 11.5 Å². The molecule has 2 aromatic rings. The summed E-state index contributed by atoms with van der Waals surface area (Å²) in [5, 5.41) is 10.7. The van der Waals surface area contributed by atoms with Crippen molar-refractivity contribution in [2.45, 2.75) is 38.4 Å². The summed E-state index contributed by atoms with van der Waals surface area (Å²) in [7, 11) is 1.88. The summed E-state index contributed by atoms with van der Waals surface area (Å²) >= 11 is 0. The van der Waals surface area contributed by atoms with Gasteiger partial charge in [-0.2, -0.15) is 5.10 Å². The number of furan rings is 1. The van der Waals surface area contributed by atoms with Gasteiger partial charge < -0.3 is 15.1 Å². The van der Waals surface area contributed by atoms with E-state index in [0.29, 0.717) is 13.0 Å². The number of carbonyl (C=O) groups excluding carboxylic acids is 1. The minimum absolute atomic E-state index is 0.0454. The molecule has 2 aromatic heterocycles. The van der Waals surface area contributed by atoms with E-state index in [2.05, 4.69) is 15.7 Å². The van der Waals surface area contributed by atoms with Gasteiger partial charge in [-0.05, 0) is 25.5 Å². The summed E-state index contributed by atoms with van der Waals surface area (Å²) < 4.78 is 7.33. The Bertz CT molecular complexity index is 631. The number of carbonyl (C=O) groups is 1. The average molecular weight is 288 g/mol. The quantitative estimate of drug-likeness (QED) is 0.893. The lowest BCUT2D eigenvalue weighted by molar-refractivity contribution is -0.123. The van der Waals surface area contributed by atoms with Crippen LogP contribution >= 0.6 is 0 Å². The molecular formula is C15H20N4O2. The zero-order valence-electron chi connectivity index (χ0n) is 12.3. The van der Waals surface area contributed by atoms with Crippen LogP contribution in [0.5, 0.6) is 0 Å². The molecule has 112 valence electrons. The number of nitrogens with zero attached hydrogens (tertiary/aromatic N) is 2. The minimum atomic E-state index is -0.0454. The number of hydrogen-bond acceptors (Lipinski definition) is 4. The van der Waals surface area contributed by atoms with Crippen molar-refractivity contribution in [2.75, 3.05) is 0 Å². The standard InChI is InChI=1S/C15H20N4O2/c1-10-3-4-12(21-10)8-16-13-5-6-14(20)18-15(13)11-7-17-19(2)9-11/h3-4,7,9,13,15-16H,5-6,8H2,1-2H3,(H,18,20)/t13-,15+/m1/s1. The molecule has 1 aliphatic heterocycles. The van der Waals surface area contributed by atoms with Crippen LogP contribution in [0.4, 0.5) is 0 Å². The van der Waals surface area contributed by atoms with Crippen molar-refractivity contribution in [1.82, 2.24) is 20.4 Å². The molecular weight excluding hydrogens is 268 g/mol. The molecule has 21 heavy (non-hydrogen) atoms. The van der Waals surface area contributed by atoms with Gasteiger partial charge in [0.25, 0.3) is 0 Å². The molecule has 1 aliphatic rings. The SMILES string of the molecule is Cc1ccc(CN[C@@H]2CCC(=O)N[C@H]2c2cnn(C)c2)o1. The van der Waals surface area contributed by atoms with Gasteiger partial charge in [0, 0.05) is 31.3 Å². The number of rotatable bonds is 4. The fourth-order valence-corrected chi connectivity index (χ4v) is 2.75. The summed E-state index contributed by atoms with van der Waals surface area (Å²) in [6.45, 7) is 2.59. The van der Waals surface area contributed by atoms with Gasteiger partial charge in [0.15, 0.2) is 0 Å². The van der Waals surface area contributed by atoms with Crippen molar-refractivity contribution in [3.05, 3.63) is 41.6 Å². The average Bonchev–Trinajstić information content (AvgIpc) is 3.06. The smallest absolute Gasteiger partial charge is 0.220 e. The van der Waals surface area contributed by atoms with Crippen LogP contribution in [0.15, 0.2) is 28.9 Å². The third-order valence-corrected chi connectivity index (χ3v) is 3.82. The van der Waals surface area contributed by atoms with E-state index in [-0.39, 0.29) is 18.0 Å². The second-order valence-corrected chi connectivity index (χ2v) is 5.53. The Morgan fingerprint density at radius 3 is 3.05 bits per heavy atom. The normalized spacial score (nSPS) is 22.3. The molecule has 1 fully saturated rings. The molecule has 0 aromatic carbocycles. The van der Waals surface area contributed by atoms with Crippen LogP contribution in [-0.4, -0.2) is 21.7 Å². The molecule has 2 N–H and O–H groups in total. The van der Waals surface area contributed by atoms with Crippen LogP contribution in [-0.2, 0) is 18.4 Å². The molecule has 0 saturated carbocycles. The zero-order valence-corrected chi connectivity index (χ0v) is 12.3. The van der Waals surface area contributed by atoms with E-state index >= 15 is 0 Å². The minimum Gasteiger partial charge on any atom is -0.465 e. The van der Waals surface area contributed by atoms with Crippen molar-refractivity contribution >= 4 is 5.91 Å². The van der Waals surface area contributed by atoms with Crippen molar-refractivity contribution in [2.24, 2.45) is 7.05 Å². The Labute approximate surface area is 123 Å². The van der Waals surface area contributed by atoms with Crippen molar-refractivity contribution in [1.29, 1.82) is 0 Å².